The normalized spacial score (nSPS) is 11.0. The van der Waals surface area contributed by atoms with Gasteiger partial charge >= 0.3 is 0 Å². The van der Waals surface area contributed by atoms with Crippen molar-refractivity contribution in [2.45, 2.75) is 32.5 Å². The predicted molar refractivity (Wildman–Crippen MR) is 125 cm³/mol. The molecule has 4 aromatic rings. The second-order valence-corrected chi connectivity index (χ2v) is 8.54. The molecule has 0 bridgehead atoms. The first-order valence-corrected chi connectivity index (χ1v) is 11.3. The van der Waals surface area contributed by atoms with E-state index >= 15 is 0 Å². The Bertz CT molecular complexity index is 1300. The molecule has 0 fully saturated rings. The Balaban J connectivity index is 1.62. The molecule has 8 nitrogen and oxygen atoms in total. The standard InChI is InChI=1S/C24H24N4O4S/c1-14-21(16(3)29)15(2)25-22(14)20(30)13-33-24-27-26-23(17-7-5-8-18(11-17)31-4)28(24)12-19-9-6-10-32-19/h5-11,25H,12-13H2,1-4H3. The smallest absolute Gasteiger partial charge is 0.192 e. The van der Waals surface area contributed by atoms with Gasteiger partial charge in [0.2, 0.25) is 0 Å². The average Bonchev–Trinajstić information content (AvgIpc) is 3.52. The molecule has 9 heteroatoms. The maximum atomic E-state index is 13.0. The number of thioether (sulfide) groups is 1. The zero-order chi connectivity index (χ0) is 23.5. The number of benzene rings is 1. The van der Waals surface area contributed by atoms with E-state index in [1.807, 2.05) is 41.0 Å². The van der Waals surface area contributed by atoms with Crippen LogP contribution in [0.4, 0.5) is 0 Å². The van der Waals surface area contributed by atoms with Crippen molar-refractivity contribution in [3.8, 4) is 17.1 Å². The molecule has 0 saturated heterocycles. The van der Waals surface area contributed by atoms with Crippen LogP contribution in [0.25, 0.3) is 11.4 Å². The van der Waals surface area contributed by atoms with E-state index in [0.29, 0.717) is 45.8 Å². The molecule has 0 amide bonds. The number of ether oxygens (including phenoxy) is 1. The lowest BCUT2D eigenvalue weighted by atomic mass is 10.1. The summed E-state index contributed by atoms with van der Waals surface area (Å²) in [6.07, 6.45) is 1.62. The fourth-order valence-corrected chi connectivity index (χ4v) is 4.64. The van der Waals surface area contributed by atoms with Crippen LogP contribution in [0.3, 0.4) is 0 Å². The molecule has 0 unspecified atom stereocenters. The lowest BCUT2D eigenvalue weighted by Gasteiger charge is -2.09. The Labute approximate surface area is 195 Å². The molecule has 3 aromatic heterocycles. The summed E-state index contributed by atoms with van der Waals surface area (Å²) in [7, 11) is 1.61. The van der Waals surface area contributed by atoms with Gasteiger partial charge in [0.1, 0.15) is 11.5 Å². The number of aromatic nitrogens is 4. The van der Waals surface area contributed by atoms with Crippen LogP contribution in [-0.4, -0.2) is 44.2 Å². The number of H-pyrrole nitrogens is 1. The predicted octanol–water partition coefficient (Wildman–Crippen LogP) is 4.72. The third-order valence-corrected chi connectivity index (χ3v) is 6.31. The van der Waals surface area contributed by atoms with Crippen molar-refractivity contribution in [2.24, 2.45) is 0 Å². The summed E-state index contributed by atoms with van der Waals surface area (Å²) in [6.45, 7) is 5.51. The molecule has 0 spiro atoms. The fourth-order valence-electron chi connectivity index (χ4n) is 3.83. The van der Waals surface area contributed by atoms with Crippen LogP contribution in [-0.2, 0) is 6.54 Å². The summed E-state index contributed by atoms with van der Waals surface area (Å²) in [4.78, 5) is 27.9. The van der Waals surface area contributed by atoms with E-state index in [0.717, 1.165) is 11.3 Å². The molecule has 0 aliphatic rings. The van der Waals surface area contributed by atoms with E-state index in [2.05, 4.69) is 15.2 Å². The zero-order valence-electron chi connectivity index (χ0n) is 18.8. The SMILES string of the molecule is COc1cccc(-c2nnc(SCC(=O)c3[nH]c(C)c(C(C)=O)c3C)n2Cc2ccco2)c1. The fraction of sp³-hybridized carbons (Fsp3) is 0.250. The number of hydrogen-bond donors (Lipinski definition) is 1. The van der Waals surface area contributed by atoms with Crippen LogP contribution < -0.4 is 4.74 Å². The van der Waals surface area contributed by atoms with Gasteiger partial charge in [-0.1, -0.05) is 23.9 Å². The first kappa shape index (κ1) is 22.6. The summed E-state index contributed by atoms with van der Waals surface area (Å²) < 4.78 is 12.8. The van der Waals surface area contributed by atoms with E-state index in [4.69, 9.17) is 9.15 Å². The van der Waals surface area contributed by atoms with E-state index in [-0.39, 0.29) is 17.3 Å². The first-order valence-electron chi connectivity index (χ1n) is 10.3. The Hall–Kier alpha value is -3.59. The third-order valence-electron chi connectivity index (χ3n) is 5.34. The molecule has 0 radical (unpaired) electrons. The molecule has 0 saturated carbocycles. The number of rotatable bonds is 9. The minimum Gasteiger partial charge on any atom is -0.497 e. The summed E-state index contributed by atoms with van der Waals surface area (Å²) >= 11 is 1.29. The van der Waals surface area contributed by atoms with Gasteiger partial charge in [0.15, 0.2) is 22.5 Å². The van der Waals surface area contributed by atoms with Gasteiger partial charge in [-0.15, -0.1) is 10.2 Å². The number of hydrogen-bond acceptors (Lipinski definition) is 7. The number of aryl methyl sites for hydroxylation is 1. The number of nitrogens with one attached hydrogen (secondary N) is 1. The highest BCUT2D eigenvalue weighted by atomic mass is 32.2. The highest BCUT2D eigenvalue weighted by Crippen LogP contribution is 2.28. The van der Waals surface area contributed by atoms with Crippen LogP contribution in [0, 0.1) is 13.8 Å². The quantitative estimate of drug-likeness (QED) is 0.282. The Morgan fingerprint density at radius 3 is 2.67 bits per heavy atom. The highest BCUT2D eigenvalue weighted by molar-refractivity contribution is 7.99. The lowest BCUT2D eigenvalue weighted by Crippen LogP contribution is -2.08. The van der Waals surface area contributed by atoms with Crippen LogP contribution in [0.15, 0.2) is 52.2 Å². The second-order valence-electron chi connectivity index (χ2n) is 7.60. The van der Waals surface area contributed by atoms with Crippen molar-refractivity contribution in [3.63, 3.8) is 0 Å². The molecule has 0 aliphatic carbocycles. The van der Waals surface area contributed by atoms with Gasteiger partial charge in [-0.2, -0.15) is 0 Å². The van der Waals surface area contributed by atoms with E-state index in [9.17, 15) is 9.59 Å². The van der Waals surface area contributed by atoms with Crippen molar-refractivity contribution < 1.29 is 18.7 Å². The molecule has 0 atom stereocenters. The average molecular weight is 465 g/mol. The van der Waals surface area contributed by atoms with Crippen molar-refractivity contribution in [1.82, 2.24) is 19.7 Å². The molecule has 3 heterocycles. The van der Waals surface area contributed by atoms with Crippen LogP contribution in [0.1, 0.15) is 44.8 Å². The second kappa shape index (κ2) is 9.50. The summed E-state index contributed by atoms with van der Waals surface area (Å²) in [5, 5.41) is 9.32. The van der Waals surface area contributed by atoms with Crippen molar-refractivity contribution >= 4 is 23.3 Å². The highest BCUT2D eigenvalue weighted by Gasteiger charge is 2.22. The van der Waals surface area contributed by atoms with Gasteiger partial charge in [-0.3, -0.25) is 14.2 Å². The van der Waals surface area contributed by atoms with Crippen LogP contribution in [0.5, 0.6) is 5.75 Å². The Morgan fingerprint density at radius 1 is 1.18 bits per heavy atom. The number of nitrogens with zero attached hydrogens (tertiary/aromatic N) is 3. The first-order chi connectivity index (χ1) is 15.9. The molecule has 1 N–H and O–H groups in total. The summed E-state index contributed by atoms with van der Waals surface area (Å²) in [5.41, 5.74) is 3.25. The van der Waals surface area contributed by atoms with Gasteiger partial charge in [-0.25, -0.2) is 0 Å². The molecule has 4 rings (SSSR count). The Kier molecular flexibility index (Phi) is 6.50. The number of carbonyl (C=O) groups is 2. The monoisotopic (exact) mass is 464 g/mol. The van der Waals surface area contributed by atoms with Gasteiger partial charge in [0.25, 0.3) is 0 Å². The molecule has 1 aromatic carbocycles. The number of Topliss-reactive ketones (excluding diaryl/α,β-unsaturated/α-hetero) is 2. The van der Waals surface area contributed by atoms with Gasteiger partial charge < -0.3 is 14.1 Å². The van der Waals surface area contributed by atoms with Crippen molar-refractivity contribution in [3.05, 3.63) is 70.9 Å². The number of aromatic amines is 1. The van der Waals surface area contributed by atoms with E-state index in [1.165, 1.54) is 18.7 Å². The Morgan fingerprint density at radius 2 is 2.00 bits per heavy atom. The topological polar surface area (TPSA) is 103 Å². The van der Waals surface area contributed by atoms with Crippen LogP contribution in [0.2, 0.25) is 0 Å². The number of methoxy groups -OCH3 is 1. The molecule has 0 aliphatic heterocycles. The molecule has 33 heavy (non-hydrogen) atoms. The largest absolute Gasteiger partial charge is 0.497 e. The maximum absolute atomic E-state index is 13.0. The van der Waals surface area contributed by atoms with E-state index in [1.54, 1.807) is 27.2 Å². The minimum absolute atomic E-state index is 0.0610. The number of carbonyl (C=O) groups excluding carboxylic acids is 2. The molecular weight excluding hydrogens is 440 g/mol. The van der Waals surface area contributed by atoms with Crippen LogP contribution >= 0.6 is 11.8 Å². The maximum Gasteiger partial charge on any atom is 0.192 e. The minimum atomic E-state index is -0.108. The number of ketones is 2. The summed E-state index contributed by atoms with van der Waals surface area (Å²) in [5.74, 6) is 2.08. The van der Waals surface area contributed by atoms with Gasteiger partial charge in [0, 0.05) is 16.8 Å². The van der Waals surface area contributed by atoms with E-state index < -0.39 is 0 Å². The van der Waals surface area contributed by atoms with Crippen molar-refractivity contribution in [2.75, 3.05) is 12.9 Å². The number of furan rings is 1. The van der Waals surface area contributed by atoms with Gasteiger partial charge in [-0.05, 0) is 50.6 Å². The lowest BCUT2D eigenvalue weighted by molar-refractivity contribution is 0.101. The van der Waals surface area contributed by atoms with Gasteiger partial charge in [0.05, 0.1) is 31.4 Å². The van der Waals surface area contributed by atoms with Crippen molar-refractivity contribution in [1.29, 1.82) is 0 Å². The summed E-state index contributed by atoms with van der Waals surface area (Å²) in [6, 6.07) is 11.3. The molecular formula is C24H24N4O4S. The molecule has 170 valence electrons. The third kappa shape index (κ3) is 4.63. The zero-order valence-corrected chi connectivity index (χ0v) is 19.7.